The van der Waals surface area contributed by atoms with Gasteiger partial charge in [-0.05, 0) is 47.9 Å². The first kappa shape index (κ1) is 23.1. The molecule has 3 heterocycles. The molecule has 1 aromatic heterocycles. The first-order valence-electron chi connectivity index (χ1n) is 10.5. The molecule has 0 unspecified atom stereocenters. The highest BCUT2D eigenvalue weighted by atomic mass is 32.2. The molecule has 0 radical (unpaired) electrons. The third-order valence-electron chi connectivity index (χ3n) is 5.43. The van der Waals surface area contributed by atoms with Gasteiger partial charge in [-0.2, -0.15) is 0 Å². The lowest BCUT2D eigenvalue weighted by Gasteiger charge is -2.36. The van der Waals surface area contributed by atoms with Gasteiger partial charge in [0, 0.05) is 17.1 Å². The molecule has 9 heteroatoms. The van der Waals surface area contributed by atoms with Crippen molar-refractivity contribution in [2.75, 3.05) is 20.8 Å². The van der Waals surface area contributed by atoms with Crippen LogP contribution in [0, 0.1) is 0 Å². The number of nitrogens with one attached hydrogen (secondary N) is 1. The fourth-order valence-electron chi connectivity index (χ4n) is 3.87. The number of benzene rings is 1. The van der Waals surface area contributed by atoms with Crippen molar-refractivity contribution in [2.24, 2.45) is 4.99 Å². The predicted octanol–water partition coefficient (Wildman–Crippen LogP) is 4.25. The monoisotopic (exact) mass is 483 g/mol. The lowest BCUT2D eigenvalue weighted by Crippen LogP contribution is -2.38. The normalized spacial score (nSPS) is 17.3. The second kappa shape index (κ2) is 10.3. The van der Waals surface area contributed by atoms with Crippen molar-refractivity contribution >= 4 is 40.1 Å². The summed E-state index contributed by atoms with van der Waals surface area (Å²) in [5, 5.41) is 7.69. The molecular weight excluding hydrogens is 458 g/mol. The smallest absolute Gasteiger partial charge is 0.338 e. The molecule has 1 atom stereocenters. The van der Waals surface area contributed by atoms with Crippen LogP contribution in [0.15, 0.2) is 69.1 Å². The summed E-state index contributed by atoms with van der Waals surface area (Å²) in [4.78, 5) is 33.3. The zero-order chi connectivity index (χ0) is 23.4. The maximum atomic E-state index is 12.8. The minimum Gasteiger partial charge on any atom is -0.497 e. The molecule has 1 amide bonds. The first-order valence-corrected chi connectivity index (χ1v) is 12.2. The van der Waals surface area contributed by atoms with Gasteiger partial charge in [-0.1, -0.05) is 30.0 Å². The highest BCUT2D eigenvalue weighted by molar-refractivity contribution is 8.16. The molecule has 4 rings (SSSR count). The van der Waals surface area contributed by atoms with E-state index in [-0.39, 0.29) is 12.3 Å². The number of fused-ring (bicyclic) bond motifs is 1. The quantitative estimate of drug-likeness (QED) is 0.566. The zero-order valence-electron chi connectivity index (χ0n) is 18.7. The van der Waals surface area contributed by atoms with Crippen molar-refractivity contribution in [3.8, 4) is 5.75 Å². The molecular formula is C24H25N3O4S2. The second-order valence-corrected chi connectivity index (χ2v) is 9.39. The molecule has 2 aliphatic heterocycles. The molecule has 0 fully saturated rings. The van der Waals surface area contributed by atoms with Crippen molar-refractivity contribution in [1.82, 2.24) is 10.2 Å². The number of hydrogen-bond acceptors (Lipinski definition) is 8. The number of thioether (sulfide) groups is 1. The predicted molar refractivity (Wildman–Crippen MR) is 131 cm³/mol. The van der Waals surface area contributed by atoms with E-state index < -0.39 is 12.0 Å². The number of nitrogens with zero attached hydrogens (tertiary/aromatic N) is 2. The van der Waals surface area contributed by atoms with E-state index in [1.807, 2.05) is 46.0 Å². The average molecular weight is 484 g/mol. The highest BCUT2D eigenvalue weighted by Gasteiger charge is 2.41. The van der Waals surface area contributed by atoms with Gasteiger partial charge in [0.1, 0.15) is 5.75 Å². The van der Waals surface area contributed by atoms with Gasteiger partial charge in [0.05, 0.1) is 38.0 Å². The average Bonchev–Trinajstić information content (AvgIpc) is 3.48. The molecule has 0 saturated heterocycles. The molecule has 2 aliphatic rings. The van der Waals surface area contributed by atoms with Crippen LogP contribution in [0.5, 0.6) is 5.75 Å². The van der Waals surface area contributed by atoms with Gasteiger partial charge in [-0.15, -0.1) is 11.3 Å². The maximum absolute atomic E-state index is 12.8. The minimum atomic E-state index is -0.472. The Kier molecular flexibility index (Phi) is 7.20. The summed E-state index contributed by atoms with van der Waals surface area (Å²) in [6.45, 7) is 2.38. The molecule has 0 aliphatic carbocycles. The molecule has 1 N–H and O–H groups in total. The number of carbonyl (C=O) groups is 2. The Morgan fingerprint density at radius 2 is 2.06 bits per heavy atom. The Hall–Kier alpha value is -3.04. The number of amides is 1. The van der Waals surface area contributed by atoms with Crippen LogP contribution in [-0.4, -0.2) is 42.7 Å². The van der Waals surface area contributed by atoms with Crippen molar-refractivity contribution in [1.29, 1.82) is 0 Å². The van der Waals surface area contributed by atoms with E-state index in [2.05, 4.69) is 16.4 Å². The van der Waals surface area contributed by atoms with E-state index >= 15 is 0 Å². The van der Waals surface area contributed by atoms with E-state index in [1.165, 1.54) is 23.7 Å². The summed E-state index contributed by atoms with van der Waals surface area (Å²) in [6, 6.07) is 11.2. The Bertz CT molecular complexity index is 1140. The Morgan fingerprint density at radius 1 is 1.21 bits per heavy atom. The van der Waals surface area contributed by atoms with Gasteiger partial charge in [0.25, 0.3) is 0 Å². The van der Waals surface area contributed by atoms with Crippen LogP contribution >= 0.6 is 23.1 Å². The Labute approximate surface area is 201 Å². The molecule has 2 aromatic rings. The van der Waals surface area contributed by atoms with E-state index in [0.29, 0.717) is 23.6 Å². The molecule has 1 aromatic carbocycles. The minimum absolute atomic E-state index is 0.0741. The summed E-state index contributed by atoms with van der Waals surface area (Å²) >= 11 is 3.13. The number of thiophene rings is 1. The third kappa shape index (κ3) is 4.99. The number of aliphatic imine (C=N–C) groups is 1. The zero-order valence-corrected chi connectivity index (χ0v) is 20.3. The second-order valence-electron chi connectivity index (χ2n) is 7.52. The largest absolute Gasteiger partial charge is 0.497 e. The van der Waals surface area contributed by atoms with Crippen molar-refractivity contribution < 1.29 is 19.1 Å². The van der Waals surface area contributed by atoms with Gasteiger partial charge in [-0.3, -0.25) is 4.79 Å². The topological polar surface area (TPSA) is 80.2 Å². The molecule has 7 nitrogen and oxygen atoms in total. The van der Waals surface area contributed by atoms with Gasteiger partial charge < -0.3 is 19.7 Å². The SMILES string of the molecule is COC(=O)C1=C(C)N=C2SC=C(CC(=O)NCCc3cccs3)N2[C@@H]1c1cccc(OC)c1. The summed E-state index contributed by atoms with van der Waals surface area (Å²) in [6.07, 6.45) is 0.985. The van der Waals surface area contributed by atoms with Crippen LogP contribution in [0.1, 0.15) is 29.8 Å². The van der Waals surface area contributed by atoms with Crippen LogP contribution in [0.2, 0.25) is 0 Å². The summed E-state index contributed by atoms with van der Waals surface area (Å²) in [7, 11) is 2.97. The van der Waals surface area contributed by atoms with E-state index in [4.69, 9.17) is 9.47 Å². The van der Waals surface area contributed by atoms with E-state index in [9.17, 15) is 9.59 Å². The van der Waals surface area contributed by atoms with E-state index in [0.717, 1.165) is 22.8 Å². The molecule has 0 spiro atoms. The molecule has 0 saturated carbocycles. The van der Waals surface area contributed by atoms with E-state index in [1.54, 1.807) is 25.4 Å². The van der Waals surface area contributed by atoms with Gasteiger partial charge >= 0.3 is 5.97 Å². The summed E-state index contributed by atoms with van der Waals surface area (Å²) in [5.41, 5.74) is 2.69. The van der Waals surface area contributed by atoms with Crippen molar-refractivity contribution in [2.45, 2.75) is 25.8 Å². The number of esters is 1. The maximum Gasteiger partial charge on any atom is 0.338 e. The van der Waals surface area contributed by atoms with Gasteiger partial charge in [0.15, 0.2) is 5.17 Å². The number of hydrogen-bond donors (Lipinski definition) is 1. The highest BCUT2D eigenvalue weighted by Crippen LogP contribution is 2.45. The first-order chi connectivity index (χ1) is 16.0. The van der Waals surface area contributed by atoms with Crippen LogP contribution in [0.25, 0.3) is 0 Å². The number of amidine groups is 1. The molecule has 33 heavy (non-hydrogen) atoms. The fraction of sp³-hybridized carbons (Fsp3) is 0.292. The summed E-state index contributed by atoms with van der Waals surface area (Å²) < 4.78 is 10.5. The van der Waals surface area contributed by atoms with Gasteiger partial charge in [-0.25, -0.2) is 9.79 Å². The molecule has 172 valence electrons. The van der Waals surface area contributed by atoms with Crippen LogP contribution < -0.4 is 10.1 Å². The van der Waals surface area contributed by atoms with Crippen molar-refractivity contribution in [3.63, 3.8) is 0 Å². The van der Waals surface area contributed by atoms with Gasteiger partial charge in [0.2, 0.25) is 5.91 Å². The number of allylic oxidation sites excluding steroid dienone is 1. The fourth-order valence-corrected chi connectivity index (χ4v) is 5.55. The Balaban J connectivity index is 1.58. The number of carbonyl (C=O) groups excluding carboxylic acids is 2. The van der Waals surface area contributed by atoms with Crippen LogP contribution in [-0.2, 0) is 20.7 Å². The van der Waals surface area contributed by atoms with Crippen LogP contribution in [0.4, 0.5) is 0 Å². The number of rotatable bonds is 8. The summed E-state index contributed by atoms with van der Waals surface area (Å²) in [5.74, 6) is 0.164. The third-order valence-corrected chi connectivity index (χ3v) is 7.26. The lowest BCUT2D eigenvalue weighted by atomic mass is 9.93. The molecule has 0 bridgehead atoms. The standard InChI is InChI=1S/C24H25N3O4S2/c1-15-21(23(29)31-3)22(16-6-4-7-18(12-16)30-2)27-17(14-33-24(27)26-15)13-20(28)25-10-9-19-8-5-11-32-19/h4-8,11-12,14,22H,9-10,13H2,1-3H3,(H,25,28)/t22-/m1/s1. The Morgan fingerprint density at radius 3 is 2.79 bits per heavy atom. The number of methoxy groups -OCH3 is 2. The lowest BCUT2D eigenvalue weighted by molar-refractivity contribution is -0.136. The van der Waals surface area contributed by atoms with Crippen LogP contribution in [0.3, 0.4) is 0 Å². The van der Waals surface area contributed by atoms with Crippen molar-refractivity contribution in [3.05, 3.63) is 74.6 Å². The number of ether oxygens (including phenoxy) is 2.